The number of fused-ring (bicyclic) bond motifs is 1. The van der Waals surface area contributed by atoms with Gasteiger partial charge in [0.05, 0.1) is 11.4 Å². The Balaban J connectivity index is 1.64. The molecule has 0 bridgehead atoms. The van der Waals surface area contributed by atoms with E-state index in [9.17, 15) is 9.18 Å². The molecule has 0 aliphatic heterocycles. The lowest BCUT2D eigenvalue weighted by molar-refractivity contribution is 0.425. The van der Waals surface area contributed by atoms with Crippen molar-refractivity contribution in [2.75, 3.05) is 11.1 Å². The normalized spacial score (nSPS) is 14.6. The second-order valence-electron chi connectivity index (χ2n) is 7.91. The van der Waals surface area contributed by atoms with Crippen molar-refractivity contribution in [1.82, 2.24) is 24.7 Å². The summed E-state index contributed by atoms with van der Waals surface area (Å²) < 4.78 is 21.5. The van der Waals surface area contributed by atoms with Crippen molar-refractivity contribution in [3.05, 3.63) is 58.3 Å². The molecule has 1 unspecified atom stereocenters. The Bertz CT molecular complexity index is 1380. The van der Waals surface area contributed by atoms with Gasteiger partial charge >= 0.3 is 0 Å². The Labute approximate surface area is 182 Å². The van der Waals surface area contributed by atoms with E-state index in [4.69, 9.17) is 10.3 Å². The van der Waals surface area contributed by atoms with Crippen LogP contribution < -0.4 is 16.6 Å². The number of rotatable bonds is 6. The Morgan fingerprint density at radius 2 is 2.16 bits per heavy atom. The van der Waals surface area contributed by atoms with Gasteiger partial charge in [0, 0.05) is 11.7 Å². The number of hydrogen-bond acceptors (Lipinski definition) is 8. The molecule has 0 amide bonds. The predicted molar refractivity (Wildman–Crippen MR) is 118 cm³/mol. The molecule has 0 spiro atoms. The second kappa shape index (κ2) is 7.70. The molecular weight excluding hydrogens is 413 g/mol. The number of nitrogens with one attached hydrogen (secondary N) is 1. The molecule has 32 heavy (non-hydrogen) atoms. The molecule has 1 aliphatic rings. The van der Waals surface area contributed by atoms with Crippen molar-refractivity contribution in [3.8, 4) is 11.5 Å². The fraction of sp³-hybridized carbons (Fsp3) is 0.318. The molecular formula is C22H22FN7O2. The first-order chi connectivity index (χ1) is 15.5. The number of nitrogen functional groups attached to an aromatic ring is 1. The van der Waals surface area contributed by atoms with E-state index in [-0.39, 0.29) is 34.7 Å². The molecule has 4 aromatic rings. The lowest BCUT2D eigenvalue weighted by Gasteiger charge is -2.24. The quantitative estimate of drug-likeness (QED) is 0.469. The largest absolute Gasteiger partial charge is 0.383 e. The van der Waals surface area contributed by atoms with Gasteiger partial charge in [-0.15, -0.1) is 0 Å². The van der Waals surface area contributed by atoms with Crippen LogP contribution in [0.25, 0.3) is 22.2 Å². The summed E-state index contributed by atoms with van der Waals surface area (Å²) in [5, 5.41) is 7.89. The predicted octanol–water partition coefficient (Wildman–Crippen LogP) is 3.77. The van der Waals surface area contributed by atoms with Gasteiger partial charge in [-0.05, 0) is 43.7 Å². The topological polar surface area (TPSA) is 125 Å². The summed E-state index contributed by atoms with van der Waals surface area (Å²) in [5.74, 6) is 0.772. The molecule has 1 aliphatic carbocycles. The van der Waals surface area contributed by atoms with Crippen LogP contribution in [0.5, 0.6) is 0 Å². The van der Waals surface area contributed by atoms with E-state index < -0.39 is 5.82 Å². The summed E-state index contributed by atoms with van der Waals surface area (Å²) in [7, 11) is 0. The number of anilines is 2. The highest BCUT2D eigenvalue weighted by molar-refractivity contribution is 5.83. The van der Waals surface area contributed by atoms with E-state index in [2.05, 4.69) is 25.4 Å². The average molecular weight is 435 g/mol. The van der Waals surface area contributed by atoms with E-state index in [0.717, 1.165) is 18.5 Å². The SMILES string of the molecule is CCC(Nc1ncnc(N)c1-c1nc(C)no1)c1cc2cccc(F)c2c(=O)n1C1CC1. The van der Waals surface area contributed by atoms with Crippen molar-refractivity contribution in [2.45, 2.75) is 45.2 Å². The van der Waals surface area contributed by atoms with E-state index in [1.165, 1.54) is 12.4 Å². The zero-order valence-electron chi connectivity index (χ0n) is 17.7. The van der Waals surface area contributed by atoms with Crippen molar-refractivity contribution in [3.63, 3.8) is 0 Å². The summed E-state index contributed by atoms with van der Waals surface area (Å²) in [6.07, 6.45) is 3.76. The molecule has 10 heteroatoms. The number of benzene rings is 1. The molecule has 0 radical (unpaired) electrons. The van der Waals surface area contributed by atoms with Crippen molar-refractivity contribution in [1.29, 1.82) is 0 Å². The Kier molecular flexibility index (Phi) is 4.84. The van der Waals surface area contributed by atoms with E-state index in [0.29, 0.717) is 29.0 Å². The van der Waals surface area contributed by atoms with Gasteiger partial charge in [0.25, 0.3) is 11.4 Å². The van der Waals surface area contributed by atoms with Gasteiger partial charge < -0.3 is 20.1 Å². The highest BCUT2D eigenvalue weighted by atomic mass is 19.1. The lowest BCUT2D eigenvalue weighted by Crippen LogP contribution is -2.27. The highest BCUT2D eigenvalue weighted by Crippen LogP contribution is 2.39. The standard InChI is InChI=1S/C22H22FN7O2/c1-3-15(28-20-18(19(24)25-10-26-20)21-27-11(2)29-32-21)16-9-12-5-4-6-14(23)17(12)22(31)30(16)13-7-8-13/h4-6,9-10,13,15H,3,7-8H2,1-2H3,(H3,24,25,26,28). The molecule has 3 aromatic heterocycles. The number of aryl methyl sites for hydroxylation is 1. The fourth-order valence-corrected chi connectivity index (χ4v) is 4.00. The minimum Gasteiger partial charge on any atom is -0.383 e. The van der Waals surface area contributed by atoms with Crippen molar-refractivity contribution < 1.29 is 8.91 Å². The Morgan fingerprint density at radius 1 is 1.34 bits per heavy atom. The van der Waals surface area contributed by atoms with Crippen LogP contribution in [0.3, 0.4) is 0 Å². The van der Waals surface area contributed by atoms with Gasteiger partial charge in [-0.25, -0.2) is 14.4 Å². The number of pyridine rings is 1. The monoisotopic (exact) mass is 435 g/mol. The maximum Gasteiger partial charge on any atom is 0.265 e. The van der Waals surface area contributed by atoms with Crippen LogP contribution in [0.2, 0.25) is 0 Å². The average Bonchev–Trinajstić information content (AvgIpc) is 3.51. The van der Waals surface area contributed by atoms with E-state index >= 15 is 0 Å². The summed E-state index contributed by atoms with van der Waals surface area (Å²) in [6, 6.07) is 6.32. The maximum absolute atomic E-state index is 14.5. The first-order valence-electron chi connectivity index (χ1n) is 10.5. The minimum absolute atomic E-state index is 0.0610. The molecule has 0 saturated heterocycles. The third-order valence-corrected chi connectivity index (χ3v) is 5.67. The number of nitrogens with two attached hydrogens (primary N) is 1. The van der Waals surface area contributed by atoms with Gasteiger partial charge in [-0.1, -0.05) is 24.2 Å². The first kappa shape index (κ1) is 20.1. The van der Waals surface area contributed by atoms with Crippen molar-refractivity contribution in [2.24, 2.45) is 0 Å². The number of aromatic nitrogens is 5. The van der Waals surface area contributed by atoms with Gasteiger partial charge in [-0.2, -0.15) is 4.98 Å². The van der Waals surface area contributed by atoms with E-state index in [1.54, 1.807) is 23.6 Å². The van der Waals surface area contributed by atoms with Crippen LogP contribution in [0, 0.1) is 12.7 Å². The van der Waals surface area contributed by atoms with Gasteiger partial charge in [0.1, 0.15) is 29.3 Å². The zero-order chi connectivity index (χ0) is 22.4. The summed E-state index contributed by atoms with van der Waals surface area (Å²) in [6.45, 7) is 3.70. The molecule has 1 aromatic carbocycles. The Hall–Kier alpha value is -3.82. The highest BCUT2D eigenvalue weighted by Gasteiger charge is 2.31. The third kappa shape index (κ3) is 3.37. The molecule has 5 rings (SSSR count). The van der Waals surface area contributed by atoms with Gasteiger partial charge in [0.2, 0.25) is 0 Å². The lowest BCUT2D eigenvalue weighted by atomic mass is 10.0. The molecule has 1 saturated carbocycles. The molecule has 1 fully saturated rings. The maximum atomic E-state index is 14.5. The molecule has 3 N–H and O–H groups in total. The van der Waals surface area contributed by atoms with Crippen LogP contribution >= 0.6 is 0 Å². The van der Waals surface area contributed by atoms with Gasteiger partial charge in [-0.3, -0.25) is 4.79 Å². The van der Waals surface area contributed by atoms with Crippen LogP contribution in [-0.2, 0) is 0 Å². The molecule has 164 valence electrons. The van der Waals surface area contributed by atoms with Crippen LogP contribution in [0.15, 0.2) is 39.9 Å². The summed E-state index contributed by atoms with van der Waals surface area (Å²) in [5.41, 5.74) is 6.96. The third-order valence-electron chi connectivity index (χ3n) is 5.67. The van der Waals surface area contributed by atoms with Gasteiger partial charge in [0.15, 0.2) is 5.82 Å². The van der Waals surface area contributed by atoms with Crippen LogP contribution in [0.4, 0.5) is 16.0 Å². The van der Waals surface area contributed by atoms with Crippen LogP contribution in [-0.4, -0.2) is 24.7 Å². The summed E-state index contributed by atoms with van der Waals surface area (Å²) >= 11 is 0. The summed E-state index contributed by atoms with van der Waals surface area (Å²) in [4.78, 5) is 25.9. The first-order valence-corrected chi connectivity index (χ1v) is 10.5. The van der Waals surface area contributed by atoms with Crippen molar-refractivity contribution >= 4 is 22.4 Å². The molecule has 9 nitrogen and oxygen atoms in total. The number of hydrogen-bond donors (Lipinski definition) is 2. The van der Waals surface area contributed by atoms with E-state index in [1.807, 2.05) is 13.0 Å². The fourth-order valence-electron chi connectivity index (χ4n) is 4.00. The second-order valence-corrected chi connectivity index (χ2v) is 7.91. The number of halogens is 1. The van der Waals surface area contributed by atoms with Crippen LogP contribution in [0.1, 0.15) is 49.8 Å². The molecule has 3 heterocycles. The smallest absolute Gasteiger partial charge is 0.265 e. The zero-order valence-corrected chi connectivity index (χ0v) is 17.7. The number of nitrogens with zero attached hydrogens (tertiary/aromatic N) is 5. The minimum atomic E-state index is -0.507. The Morgan fingerprint density at radius 3 is 2.84 bits per heavy atom. The molecule has 1 atom stereocenters.